The topological polar surface area (TPSA) is 85.5 Å². The minimum Gasteiger partial charge on any atom is -0.495 e. The zero-order chi connectivity index (χ0) is 26.3. The highest BCUT2D eigenvalue weighted by atomic mass is 79.9. The third kappa shape index (κ3) is 4.47. The lowest BCUT2D eigenvalue weighted by Gasteiger charge is -2.28. The number of hydrogen-bond donors (Lipinski definition) is 1. The number of benzene rings is 2. The minimum atomic E-state index is -0.399. The first-order valence-electron chi connectivity index (χ1n) is 11.6. The zero-order valence-corrected chi connectivity index (χ0v) is 22.8. The molecular weight excluding hydrogens is 554 g/mol. The number of nitro groups is 1. The van der Waals surface area contributed by atoms with Crippen LogP contribution in [-0.4, -0.2) is 26.7 Å². The van der Waals surface area contributed by atoms with Crippen molar-refractivity contribution in [2.24, 2.45) is 0 Å². The Balaban J connectivity index is 1.70. The van der Waals surface area contributed by atoms with Crippen LogP contribution in [0.2, 0.25) is 0 Å². The van der Waals surface area contributed by atoms with Crippen LogP contribution in [0.3, 0.4) is 0 Å². The van der Waals surface area contributed by atoms with Crippen LogP contribution < -0.4 is 15.0 Å². The normalized spacial score (nSPS) is 17.1. The number of thiocarbonyl (C=S) groups is 1. The molecule has 1 aliphatic rings. The van der Waals surface area contributed by atoms with Gasteiger partial charge in [0.05, 0.1) is 35.5 Å². The van der Waals surface area contributed by atoms with Gasteiger partial charge in [0.15, 0.2) is 5.11 Å². The van der Waals surface area contributed by atoms with Gasteiger partial charge in [-0.2, -0.15) is 0 Å². The zero-order valence-electron chi connectivity index (χ0n) is 20.4. The van der Waals surface area contributed by atoms with Crippen molar-refractivity contribution in [3.05, 3.63) is 110 Å². The predicted octanol–water partition coefficient (Wildman–Crippen LogP) is 6.35. The summed E-state index contributed by atoms with van der Waals surface area (Å²) in [5, 5.41) is 15.6. The number of ether oxygens (including phenoxy) is 1. The predicted molar refractivity (Wildman–Crippen MR) is 151 cm³/mol. The molecule has 0 bridgehead atoms. The molecule has 0 spiro atoms. The molecule has 188 valence electrons. The lowest BCUT2D eigenvalue weighted by atomic mass is 9.96. The number of nitrogens with zero attached hydrogens (tertiary/aromatic N) is 4. The van der Waals surface area contributed by atoms with Gasteiger partial charge in [0.25, 0.3) is 5.69 Å². The Bertz CT molecular complexity index is 1490. The van der Waals surface area contributed by atoms with Crippen LogP contribution in [0.1, 0.15) is 34.7 Å². The van der Waals surface area contributed by atoms with Gasteiger partial charge in [-0.15, -0.1) is 0 Å². The first-order valence-corrected chi connectivity index (χ1v) is 12.8. The van der Waals surface area contributed by atoms with Crippen molar-refractivity contribution < 1.29 is 9.66 Å². The number of non-ortho nitro benzene ring substituents is 1. The van der Waals surface area contributed by atoms with Crippen LogP contribution >= 0.6 is 28.1 Å². The number of nitrogens with one attached hydrogen (secondary N) is 1. The van der Waals surface area contributed by atoms with Gasteiger partial charge in [-0.1, -0.05) is 22.0 Å². The summed E-state index contributed by atoms with van der Waals surface area (Å²) in [5.41, 5.74) is 5.29. The van der Waals surface area contributed by atoms with E-state index >= 15 is 0 Å². The maximum atomic E-state index is 11.5. The summed E-state index contributed by atoms with van der Waals surface area (Å²) in [6.45, 7) is 3.99. The molecule has 1 fully saturated rings. The van der Waals surface area contributed by atoms with E-state index in [1.807, 2.05) is 60.9 Å². The van der Waals surface area contributed by atoms with Gasteiger partial charge < -0.3 is 19.5 Å². The van der Waals surface area contributed by atoms with Gasteiger partial charge in [-0.3, -0.25) is 15.1 Å². The molecule has 1 saturated heterocycles. The highest BCUT2D eigenvalue weighted by Gasteiger charge is 2.42. The maximum absolute atomic E-state index is 11.5. The summed E-state index contributed by atoms with van der Waals surface area (Å²) in [7, 11) is 1.56. The lowest BCUT2D eigenvalue weighted by molar-refractivity contribution is -0.384. The Kier molecular flexibility index (Phi) is 6.70. The van der Waals surface area contributed by atoms with Gasteiger partial charge in [-0.25, -0.2) is 0 Å². The summed E-state index contributed by atoms with van der Waals surface area (Å²) >= 11 is 9.36. The molecule has 1 aliphatic heterocycles. The average Bonchev–Trinajstić information content (AvgIpc) is 3.39. The van der Waals surface area contributed by atoms with Crippen LogP contribution in [-0.2, 0) is 0 Å². The number of methoxy groups -OCH3 is 1. The van der Waals surface area contributed by atoms with E-state index in [0.717, 1.165) is 32.8 Å². The standard InChI is InChI=1S/C27H24BrN5O3S/c1-16-14-21(17(2)31(16)23-15-20(33(34)35)11-12-24(23)36-3)26-25(22-6-4-5-13-29-22)30-27(37)32(26)19-9-7-18(28)8-10-19/h4-15,25-26H,1-3H3,(H,30,37)/t25-,26-/m0/s1. The number of rotatable bonds is 6. The highest BCUT2D eigenvalue weighted by Crippen LogP contribution is 2.44. The molecule has 2 aromatic heterocycles. The summed E-state index contributed by atoms with van der Waals surface area (Å²) in [6, 6.07) is 20.2. The van der Waals surface area contributed by atoms with Crippen molar-refractivity contribution in [2.45, 2.75) is 25.9 Å². The number of aryl methyl sites for hydroxylation is 1. The van der Waals surface area contributed by atoms with Crippen molar-refractivity contribution in [3.63, 3.8) is 0 Å². The fourth-order valence-corrected chi connectivity index (χ4v) is 5.59. The highest BCUT2D eigenvalue weighted by molar-refractivity contribution is 9.10. The summed E-state index contributed by atoms with van der Waals surface area (Å²) in [6.07, 6.45) is 1.77. The van der Waals surface area contributed by atoms with Crippen LogP contribution in [0, 0.1) is 24.0 Å². The molecule has 37 heavy (non-hydrogen) atoms. The number of pyridine rings is 1. The second-order valence-electron chi connectivity index (χ2n) is 8.75. The summed E-state index contributed by atoms with van der Waals surface area (Å²) < 4.78 is 8.56. The number of nitro benzene ring substituents is 1. The van der Waals surface area contributed by atoms with Gasteiger partial charge in [-0.05, 0) is 80.2 Å². The maximum Gasteiger partial charge on any atom is 0.271 e. The molecule has 2 atom stereocenters. The molecule has 5 rings (SSSR count). The van der Waals surface area contributed by atoms with Gasteiger partial charge >= 0.3 is 0 Å². The molecular formula is C27H24BrN5O3S. The molecule has 0 unspecified atom stereocenters. The van der Waals surface area contributed by atoms with Crippen LogP contribution in [0.4, 0.5) is 11.4 Å². The number of anilines is 1. The third-order valence-corrected chi connectivity index (χ3v) is 7.45. The van der Waals surface area contributed by atoms with Gasteiger partial charge in [0.1, 0.15) is 5.75 Å². The van der Waals surface area contributed by atoms with E-state index in [9.17, 15) is 10.1 Å². The van der Waals surface area contributed by atoms with Crippen LogP contribution in [0.25, 0.3) is 5.69 Å². The number of halogens is 1. The van der Waals surface area contributed by atoms with Crippen molar-refractivity contribution >= 4 is 44.6 Å². The van der Waals surface area contributed by atoms with E-state index < -0.39 is 4.92 Å². The second kappa shape index (κ2) is 9.95. The molecule has 0 amide bonds. The largest absolute Gasteiger partial charge is 0.495 e. The number of aromatic nitrogens is 2. The van der Waals surface area contributed by atoms with Crippen molar-refractivity contribution in [3.8, 4) is 11.4 Å². The van der Waals surface area contributed by atoms with E-state index in [1.54, 1.807) is 25.4 Å². The quantitative estimate of drug-likeness (QED) is 0.162. The third-order valence-electron chi connectivity index (χ3n) is 6.61. The summed E-state index contributed by atoms with van der Waals surface area (Å²) in [5.74, 6) is 0.546. The van der Waals surface area contributed by atoms with Crippen molar-refractivity contribution in [1.29, 1.82) is 0 Å². The van der Waals surface area contributed by atoms with E-state index in [0.29, 0.717) is 16.5 Å². The average molecular weight is 578 g/mol. The van der Waals surface area contributed by atoms with Crippen LogP contribution in [0.15, 0.2) is 77.4 Å². The fourth-order valence-electron chi connectivity index (χ4n) is 4.98. The summed E-state index contributed by atoms with van der Waals surface area (Å²) in [4.78, 5) is 17.9. The Hall–Kier alpha value is -3.76. The monoisotopic (exact) mass is 577 g/mol. The Morgan fingerprint density at radius 2 is 1.86 bits per heavy atom. The molecule has 3 heterocycles. The SMILES string of the molecule is COc1ccc([N+](=O)[O-])cc1-n1c(C)cc([C@H]2[C@H](c3ccccn3)NC(=S)N2c2ccc(Br)cc2)c1C. The van der Waals surface area contributed by atoms with Crippen molar-refractivity contribution in [2.75, 3.05) is 12.0 Å². The molecule has 4 aromatic rings. The first-order chi connectivity index (χ1) is 17.8. The minimum absolute atomic E-state index is 0.00332. The van der Waals surface area contributed by atoms with E-state index in [-0.39, 0.29) is 17.8 Å². The molecule has 8 nitrogen and oxygen atoms in total. The van der Waals surface area contributed by atoms with Crippen molar-refractivity contribution in [1.82, 2.24) is 14.9 Å². The van der Waals surface area contributed by atoms with Crippen LogP contribution in [0.5, 0.6) is 5.75 Å². The molecule has 10 heteroatoms. The van der Waals surface area contributed by atoms with E-state index in [1.165, 1.54) is 6.07 Å². The Labute approximate surface area is 228 Å². The van der Waals surface area contributed by atoms with E-state index in [4.69, 9.17) is 17.0 Å². The lowest BCUT2D eigenvalue weighted by Crippen LogP contribution is -2.29. The molecule has 0 saturated carbocycles. The Morgan fingerprint density at radius 1 is 1.11 bits per heavy atom. The first kappa shape index (κ1) is 24.9. The Morgan fingerprint density at radius 3 is 2.51 bits per heavy atom. The number of hydrogen-bond acceptors (Lipinski definition) is 5. The second-order valence-corrected chi connectivity index (χ2v) is 10.1. The van der Waals surface area contributed by atoms with E-state index in [2.05, 4.69) is 37.2 Å². The van der Waals surface area contributed by atoms with Gasteiger partial charge in [0.2, 0.25) is 0 Å². The molecule has 1 N–H and O–H groups in total. The fraction of sp³-hybridized carbons (Fsp3) is 0.185. The molecule has 2 aromatic carbocycles. The van der Waals surface area contributed by atoms with Gasteiger partial charge in [0, 0.05) is 39.9 Å². The smallest absolute Gasteiger partial charge is 0.271 e. The molecule has 0 aliphatic carbocycles. The molecule has 0 radical (unpaired) electrons.